The van der Waals surface area contributed by atoms with Gasteiger partial charge in [0.2, 0.25) is 5.91 Å². The molecule has 1 amide bonds. The van der Waals surface area contributed by atoms with Crippen LogP contribution in [0.3, 0.4) is 0 Å². The fourth-order valence-electron chi connectivity index (χ4n) is 4.11. The Morgan fingerprint density at radius 2 is 1.82 bits per heavy atom. The summed E-state index contributed by atoms with van der Waals surface area (Å²) < 4.78 is 3.45. The number of fused-ring (bicyclic) bond motifs is 2. The summed E-state index contributed by atoms with van der Waals surface area (Å²) in [6, 6.07) is 25.4. The lowest BCUT2D eigenvalue weighted by Gasteiger charge is -2.12. The zero-order valence-corrected chi connectivity index (χ0v) is 19.7. The molecule has 166 valence electrons. The van der Waals surface area contributed by atoms with Crippen molar-refractivity contribution in [2.24, 2.45) is 0 Å². The van der Waals surface area contributed by atoms with E-state index in [1.54, 1.807) is 11.3 Å². The highest BCUT2D eigenvalue weighted by molar-refractivity contribution is 7.22. The Morgan fingerprint density at radius 3 is 2.61 bits per heavy atom. The lowest BCUT2D eigenvalue weighted by molar-refractivity contribution is -0.121. The van der Waals surface area contributed by atoms with Gasteiger partial charge in [0.15, 0.2) is 0 Å². The van der Waals surface area contributed by atoms with Crippen LogP contribution in [0.1, 0.15) is 32.4 Å². The molecule has 0 unspecified atom stereocenters. The van der Waals surface area contributed by atoms with E-state index in [1.807, 2.05) is 25.1 Å². The van der Waals surface area contributed by atoms with Gasteiger partial charge in [-0.3, -0.25) is 4.79 Å². The average Bonchev–Trinajstić information content (AvgIpc) is 3.44. The maximum atomic E-state index is 12.5. The molecule has 0 aliphatic rings. The van der Waals surface area contributed by atoms with Gasteiger partial charge in [-0.15, -0.1) is 11.3 Å². The second kappa shape index (κ2) is 9.20. The van der Waals surface area contributed by atoms with Crippen molar-refractivity contribution in [3.05, 3.63) is 84.7 Å². The standard InChI is InChI=1S/C28H27N3OS/c1-3-19(2)29-27(32)16-14-23-28(20-9-5-4-6-10-20)30-26-15-13-22(18-31(23)26)25-17-21-11-7-8-12-24(21)33-25/h4-13,15,17-19H,3,14,16H2,1-2H3,(H,29,32)/t19-/m0/s1. The minimum absolute atomic E-state index is 0.0824. The Kier molecular flexibility index (Phi) is 5.97. The minimum atomic E-state index is 0.0824. The molecule has 1 N–H and O–H groups in total. The van der Waals surface area contributed by atoms with E-state index in [4.69, 9.17) is 4.98 Å². The number of rotatable bonds is 7. The summed E-state index contributed by atoms with van der Waals surface area (Å²) in [5.41, 5.74) is 5.14. The average molecular weight is 454 g/mol. The lowest BCUT2D eigenvalue weighted by Crippen LogP contribution is -2.32. The Balaban J connectivity index is 1.56. The molecule has 0 aliphatic carbocycles. The summed E-state index contributed by atoms with van der Waals surface area (Å²) in [6.45, 7) is 4.12. The van der Waals surface area contributed by atoms with Crippen molar-refractivity contribution < 1.29 is 4.79 Å². The molecule has 1 atom stereocenters. The number of nitrogens with zero attached hydrogens (tertiary/aromatic N) is 2. The number of aryl methyl sites for hydroxylation is 1. The summed E-state index contributed by atoms with van der Waals surface area (Å²) in [5.74, 6) is 0.0824. The van der Waals surface area contributed by atoms with Crippen LogP contribution >= 0.6 is 11.3 Å². The van der Waals surface area contributed by atoms with Gasteiger partial charge in [0.1, 0.15) is 5.65 Å². The van der Waals surface area contributed by atoms with Crippen molar-refractivity contribution in [1.82, 2.24) is 14.7 Å². The first kappa shape index (κ1) is 21.4. The van der Waals surface area contributed by atoms with Gasteiger partial charge in [0.05, 0.1) is 11.4 Å². The van der Waals surface area contributed by atoms with Crippen LogP contribution in [0, 0.1) is 0 Å². The topological polar surface area (TPSA) is 46.4 Å². The molecular weight excluding hydrogens is 426 g/mol. The van der Waals surface area contributed by atoms with Crippen molar-refractivity contribution in [3.63, 3.8) is 0 Å². The second-order valence-electron chi connectivity index (χ2n) is 8.44. The molecule has 5 aromatic rings. The van der Waals surface area contributed by atoms with Crippen LogP contribution in [0.2, 0.25) is 0 Å². The number of carbonyl (C=O) groups excluding carboxylic acids is 1. The first-order chi connectivity index (χ1) is 16.1. The Hall–Kier alpha value is -3.44. The number of thiophene rings is 1. The van der Waals surface area contributed by atoms with Crippen molar-refractivity contribution >= 4 is 33.0 Å². The van der Waals surface area contributed by atoms with Crippen LogP contribution in [0.25, 0.3) is 37.4 Å². The zero-order chi connectivity index (χ0) is 22.8. The number of aromatic nitrogens is 2. The summed E-state index contributed by atoms with van der Waals surface area (Å²) in [5, 5.41) is 4.34. The lowest BCUT2D eigenvalue weighted by atomic mass is 10.1. The maximum Gasteiger partial charge on any atom is 0.220 e. The van der Waals surface area contributed by atoms with E-state index >= 15 is 0 Å². The normalized spacial score (nSPS) is 12.3. The third-order valence-corrected chi connectivity index (χ3v) is 7.25. The van der Waals surface area contributed by atoms with Gasteiger partial charge in [-0.1, -0.05) is 55.5 Å². The van der Waals surface area contributed by atoms with Gasteiger partial charge < -0.3 is 9.72 Å². The highest BCUT2D eigenvalue weighted by Gasteiger charge is 2.17. The fraction of sp³-hybridized carbons (Fsp3) is 0.214. The van der Waals surface area contributed by atoms with Gasteiger partial charge in [0.25, 0.3) is 0 Å². The van der Waals surface area contributed by atoms with E-state index in [0.29, 0.717) is 12.8 Å². The monoisotopic (exact) mass is 453 g/mol. The number of amides is 1. The van der Waals surface area contributed by atoms with E-state index in [0.717, 1.165) is 34.6 Å². The van der Waals surface area contributed by atoms with E-state index in [1.165, 1.54) is 15.0 Å². The van der Waals surface area contributed by atoms with Crippen molar-refractivity contribution in [2.75, 3.05) is 0 Å². The molecule has 5 heteroatoms. The largest absolute Gasteiger partial charge is 0.354 e. The first-order valence-corrected chi connectivity index (χ1v) is 12.3. The van der Waals surface area contributed by atoms with Crippen molar-refractivity contribution in [2.45, 2.75) is 39.2 Å². The Bertz CT molecular complexity index is 1380. The SMILES string of the molecule is CC[C@H](C)NC(=O)CCc1c(-c2ccccc2)nc2ccc(-c3cc4ccccc4s3)cn12. The number of benzene rings is 2. The maximum absolute atomic E-state index is 12.5. The number of carbonyl (C=O) groups is 1. The molecule has 0 spiro atoms. The van der Waals surface area contributed by atoms with Gasteiger partial charge in [-0.2, -0.15) is 0 Å². The van der Waals surface area contributed by atoms with Crippen LogP contribution in [0.15, 0.2) is 79.0 Å². The predicted molar refractivity (Wildman–Crippen MR) is 138 cm³/mol. The number of imidazole rings is 1. The number of hydrogen-bond acceptors (Lipinski definition) is 3. The number of pyridine rings is 1. The third-order valence-electron chi connectivity index (χ3n) is 6.08. The summed E-state index contributed by atoms with van der Waals surface area (Å²) in [6.07, 6.45) is 4.16. The van der Waals surface area contributed by atoms with Crippen LogP contribution in [0.4, 0.5) is 0 Å². The molecule has 2 aromatic carbocycles. The highest BCUT2D eigenvalue weighted by Crippen LogP contribution is 2.34. The van der Waals surface area contributed by atoms with Crippen LogP contribution in [-0.2, 0) is 11.2 Å². The molecule has 33 heavy (non-hydrogen) atoms. The molecule has 3 aromatic heterocycles. The van der Waals surface area contributed by atoms with Crippen molar-refractivity contribution in [1.29, 1.82) is 0 Å². The molecule has 0 saturated carbocycles. The quantitative estimate of drug-likeness (QED) is 0.297. The van der Waals surface area contributed by atoms with E-state index in [2.05, 4.69) is 77.4 Å². The van der Waals surface area contributed by atoms with Crippen molar-refractivity contribution in [3.8, 4) is 21.7 Å². The van der Waals surface area contributed by atoms with Gasteiger partial charge in [-0.25, -0.2) is 4.98 Å². The summed E-state index contributed by atoms with van der Waals surface area (Å²) in [4.78, 5) is 18.7. The molecule has 0 radical (unpaired) electrons. The van der Waals surface area contributed by atoms with Crippen LogP contribution < -0.4 is 5.32 Å². The Morgan fingerprint density at radius 1 is 1.03 bits per heavy atom. The first-order valence-electron chi connectivity index (χ1n) is 11.5. The summed E-state index contributed by atoms with van der Waals surface area (Å²) in [7, 11) is 0. The van der Waals surface area contributed by atoms with E-state index in [9.17, 15) is 4.79 Å². The third kappa shape index (κ3) is 4.41. The number of nitrogens with one attached hydrogen (secondary N) is 1. The van der Waals surface area contributed by atoms with Gasteiger partial charge in [0, 0.05) is 39.4 Å². The molecule has 0 bridgehead atoms. The van der Waals surface area contributed by atoms with Crippen LogP contribution in [-0.4, -0.2) is 21.3 Å². The Labute approximate surface area is 197 Å². The van der Waals surface area contributed by atoms with Gasteiger partial charge >= 0.3 is 0 Å². The highest BCUT2D eigenvalue weighted by atomic mass is 32.1. The summed E-state index contributed by atoms with van der Waals surface area (Å²) >= 11 is 1.80. The smallest absolute Gasteiger partial charge is 0.220 e. The van der Waals surface area contributed by atoms with E-state index < -0.39 is 0 Å². The second-order valence-corrected chi connectivity index (χ2v) is 9.53. The van der Waals surface area contributed by atoms with Crippen LogP contribution in [0.5, 0.6) is 0 Å². The molecule has 4 nitrogen and oxygen atoms in total. The van der Waals surface area contributed by atoms with E-state index in [-0.39, 0.29) is 11.9 Å². The number of hydrogen-bond donors (Lipinski definition) is 1. The predicted octanol–water partition coefficient (Wildman–Crippen LogP) is 6.73. The molecule has 0 fully saturated rings. The molecule has 3 heterocycles. The van der Waals surface area contributed by atoms with Gasteiger partial charge in [-0.05, 0) is 49.4 Å². The molecule has 0 aliphatic heterocycles. The molecule has 5 rings (SSSR count). The molecule has 0 saturated heterocycles. The zero-order valence-electron chi connectivity index (χ0n) is 18.9. The minimum Gasteiger partial charge on any atom is -0.354 e. The molecular formula is C28H27N3OS. The fourth-order valence-corrected chi connectivity index (χ4v) is 5.16.